The number of amides is 1. The number of hydrogen-bond donors (Lipinski definition) is 1. The van der Waals surface area contributed by atoms with Gasteiger partial charge in [0.2, 0.25) is 0 Å². The van der Waals surface area contributed by atoms with Crippen LogP contribution in [0.3, 0.4) is 0 Å². The van der Waals surface area contributed by atoms with Crippen molar-refractivity contribution in [3.05, 3.63) is 72.1 Å². The molecule has 8 nitrogen and oxygen atoms in total. The lowest BCUT2D eigenvalue weighted by molar-refractivity contribution is 0.0938. The molecule has 150 valence electrons. The SMILES string of the molecule is O=C(NCc1cc(-c2ccccc2)no1)c1cc(-c2ccc3c(c2)OCCO3)on1. The molecule has 1 N–H and O–H groups in total. The molecule has 0 spiro atoms. The average molecular weight is 403 g/mol. The van der Waals surface area contributed by atoms with Crippen LogP contribution in [0.4, 0.5) is 0 Å². The largest absolute Gasteiger partial charge is 0.486 e. The van der Waals surface area contributed by atoms with Crippen LogP contribution in [-0.4, -0.2) is 29.4 Å². The summed E-state index contributed by atoms with van der Waals surface area (Å²) in [6.07, 6.45) is 0. The van der Waals surface area contributed by atoms with Crippen molar-refractivity contribution in [2.24, 2.45) is 0 Å². The molecule has 0 atom stereocenters. The fourth-order valence-corrected chi connectivity index (χ4v) is 3.11. The third-order valence-corrected chi connectivity index (χ3v) is 4.62. The Balaban J connectivity index is 1.25. The minimum atomic E-state index is -0.375. The Kier molecular flexibility index (Phi) is 4.65. The van der Waals surface area contributed by atoms with Gasteiger partial charge in [0.15, 0.2) is 28.7 Å². The normalized spacial score (nSPS) is 12.5. The summed E-state index contributed by atoms with van der Waals surface area (Å²) in [7, 11) is 0. The van der Waals surface area contributed by atoms with Crippen LogP contribution in [-0.2, 0) is 6.54 Å². The quantitative estimate of drug-likeness (QED) is 0.542. The number of nitrogens with zero attached hydrogens (tertiary/aromatic N) is 2. The highest BCUT2D eigenvalue weighted by molar-refractivity contribution is 5.93. The zero-order valence-electron chi connectivity index (χ0n) is 15.8. The fourth-order valence-electron chi connectivity index (χ4n) is 3.11. The Hall–Kier alpha value is -4.07. The van der Waals surface area contributed by atoms with Gasteiger partial charge in [0.05, 0.1) is 6.54 Å². The molecule has 1 amide bonds. The topological polar surface area (TPSA) is 99.6 Å². The standard InChI is InChI=1S/C22H17N3O5/c26-22(23-13-16-11-17(24-29-16)14-4-2-1-3-5-14)18-12-20(30-25-18)15-6-7-19-21(10-15)28-9-8-27-19/h1-7,10-12H,8-9,13H2,(H,23,26). The Bertz CT molecular complexity index is 1180. The second-order valence-electron chi connectivity index (χ2n) is 6.66. The van der Waals surface area contributed by atoms with Gasteiger partial charge in [-0.3, -0.25) is 4.79 Å². The van der Waals surface area contributed by atoms with Gasteiger partial charge >= 0.3 is 0 Å². The molecule has 2 aromatic heterocycles. The van der Waals surface area contributed by atoms with Crippen LogP contribution in [0.15, 0.2) is 69.7 Å². The molecule has 8 heteroatoms. The van der Waals surface area contributed by atoms with Gasteiger partial charge in [0, 0.05) is 23.3 Å². The maximum atomic E-state index is 12.4. The number of carbonyl (C=O) groups excluding carboxylic acids is 1. The van der Waals surface area contributed by atoms with Gasteiger partial charge in [-0.2, -0.15) is 0 Å². The van der Waals surface area contributed by atoms with Crippen LogP contribution < -0.4 is 14.8 Å². The molecule has 30 heavy (non-hydrogen) atoms. The maximum absolute atomic E-state index is 12.4. The highest BCUT2D eigenvalue weighted by Crippen LogP contribution is 2.34. The molecule has 1 aliphatic rings. The zero-order valence-corrected chi connectivity index (χ0v) is 15.8. The molecule has 5 rings (SSSR count). The summed E-state index contributed by atoms with van der Waals surface area (Å²) in [5.74, 6) is 1.95. The van der Waals surface area contributed by atoms with Crippen molar-refractivity contribution in [3.8, 4) is 34.1 Å². The summed E-state index contributed by atoms with van der Waals surface area (Å²) in [5, 5.41) is 10.7. The molecule has 1 aliphatic heterocycles. The number of rotatable bonds is 5. The van der Waals surface area contributed by atoms with Crippen LogP contribution in [0.25, 0.3) is 22.6 Å². The molecule has 3 heterocycles. The molecule has 0 bridgehead atoms. The van der Waals surface area contributed by atoms with Gasteiger partial charge in [0.1, 0.15) is 18.9 Å². The molecule has 0 saturated carbocycles. The summed E-state index contributed by atoms with van der Waals surface area (Å²) in [6, 6.07) is 18.5. The molecular formula is C22H17N3O5. The van der Waals surface area contributed by atoms with E-state index in [0.29, 0.717) is 41.9 Å². The van der Waals surface area contributed by atoms with Gasteiger partial charge in [-0.25, -0.2) is 0 Å². The number of carbonyl (C=O) groups is 1. The molecule has 0 saturated heterocycles. The van der Waals surface area contributed by atoms with E-state index in [1.165, 1.54) is 0 Å². The Labute approximate surface area is 171 Å². The Morgan fingerprint density at radius 3 is 2.57 bits per heavy atom. The van der Waals surface area contributed by atoms with Gasteiger partial charge in [-0.15, -0.1) is 0 Å². The van der Waals surface area contributed by atoms with Crippen LogP contribution in [0.1, 0.15) is 16.2 Å². The fraction of sp³-hybridized carbons (Fsp3) is 0.136. The molecule has 0 fully saturated rings. The van der Waals surface area contributed by atoms with E-state index in [0.717, 1.165) is 11.1 Å². The first-order valence-corrected chi connectivity index (χ1v) is 9.42. The summed E-state index contributed by atoms with van der Waals surface area (Å²) >= 11 is 0. The van der Waals surface area contributed by atoms with E-state index >= 15 is 0 Å². The van der Waals surface area contributed by atoms with Crippen LogP contribution in [0, 0.1) is 0 Å². The highest BCUT2D eigenvalue weighted by atomic mass is 16.6. The summed E-state index contributed by atoms with van der Waals surface area (Å²) in [6.45, 7) is 1.20. The lowest BCUT2D eigenvalue weighted by Crippen LogP contribution is -2.22. The minimum Gasteiger partial charge on any atom is -0.486 e. The van der Waals surface area contributed by atoms with Crippen molar-refractivity contribution in [1.82, 2.24) is 15.6 Å². The zero-order chi connectivity index (χ0) is 20.3. The first-order chi connectivity index (χ1) is 14.8. The molecule has 0 radical (unpaired) electrons. The number of fused-ring (bicyclic) bond motifs is 1. The number of aromatic nitrogens is 2. The van der Waals surface area contributed by atoms with Crippen molar-refractivity contribution in [2.45, 2.75) is 6.54 Å². The van der Waals surface area contributed by atoms with Gasteiger partial charge in [-0.1, -0.05) is 40.6 Å². The summed E-state index contributed by atoms with van der Waals surface area (Å²) < 4.78 is 21.7. The van der Waals surface area contributed by atoms with E-state index in [1.807, 2.05) is 36.4 Å². The molecule has 4 aromatic rings. The van der Waals surface area contributed by atoms with E-state index in [1.54, 1.807) is 24.3 Å². The van der Waals surface area contributed by atoms with Crippen molar-refractivity contribution < 1.29 is 23.3 Å². The van der Waals surface area contributed by atoms with Gasteiger partial charge < -0.3 is 23.8 Å². The lowest BCUT2D eigenvalue weighted by Gasteiger charge is -2.18. The number of nitrogens with one attached hydrogen (secondary N) is 1. The van der Waals surface area contributed by atoms with Crippen molar-refractivity contribution in [1.29, 1.82) is 0 Å². The Morgan fingerprint density at radius 1 is 0.867 bits per heavy atom. The first-order valence-electron chi connectivity index (χ1n) is 9.42. The van der Waals surface area contributed by atoms with Crippen molar-refractivity contribution in [3.63, 3.8) is 0 Å². The van der Waals surface area contributed by atoms with Gasteiger partial charge in [0.25, 0.3) is 5.91 Å². The van der Waals surface area contributed by atoms with Gasteiger partial charge in [-0.05, 0) is 18.2 Å². The number of ether oxygens (including phenoxy) is 2. The second kappa shape index (κ2) is 7.75. The van der Waals surface area contributed by atoms with E-state index in [-0.39, 0.29) is 18.1 Å². The molecular weight excluding hydrogens is 386 g/mol. The summed E-state index contributed by atoms with van der Waals surface area (Å²) in [5.41, 5.74) is 2.57. The number of hydrogen-bond acceptors (Lipinski definition) is 7. The minimum absolute atomic E-state index is 0.169. The number of benzene rings is 2. The predicted octanol–water partition coefficient (Wildman–Crippen LogP) is 3.70. The van der Waals surface area contributed by atoms with Crippen LogP contribution in [0.2, 0.25) is 0 Å². The third kappa shape index (κ3) is 3.62. The van der Waals surface area contributed by atoms with E-state index in [2.05, 4.69) is 15.6 Å². The van der Waals surface area contributed by atoms with E-state index in [9.17, 15) is 4.79 Å². The molecule has 2 aromatic carbocycles. The van der Waals surface area contributed by atoms with E-state index < -0.39 is 0 Å². The average Bonchev–Trinajstić information content (AvgIpc) is 3.48. The first kappa shape index (κ1) is 18.0. The smallest absolute Gasteiger partial charge is 0.273 e. The molecule has 0 unspecified atom stereocenters. The second-order valence-corrected chi connectivity index (χ2v) is 6.66. The third-order valence-electron chi connectivity index (χ3n) is 4.62. The lowest BCUT2D eigenvalue weighted by atomic mass is 10.1. The summed E-state index contributed by atoms with van der Waals surface area (Å²) in [4.78, 5) is 12.4. The monoisotopic (exact) mass is 403 g/mol. The predicted molar refractivity (Wildman–Crippen MR) is 106 cm³/mol. The maximum Gasteiger partial charge on any atom is 0.273 e. The van der Waals surface area contributed by atoms with Crippen LogP contribution in [0.5, 0.6) is 11.5 Å². The van der Waals surface area contributed by atoms with E-state index in [4.69, 9.17) is 18.5 Å². The Morgan fingerprint density at radius 2 is 1.70 bits per heavy atom. The van der Waals surface area contributed by atoms with Crippen LogP contribution >= 0.6 is 0 Å². The van der Waals surface area contributed by atoms with Crippen molar-refractivity contribution in [2.75, 3.05) is 13.2 Å². The van der Waals surface area contributed by atoms with Crippen molar-refractivity contribution >= 4 is 5.91 Å². The highest BCUT2D eigenvalue weighted by Gasteiger charge is 2.17. The molecule has 0 aliphatic carbocycles.